The molecule has 0 spiro atoms. The molecule has 1 aromatic carbocycles. The number of rotatable bonds is 7. The summed E-state index contributed by atoms with van der Waals surface area (Å²) in [7, 11) is 1.60. The molecule has 5 heteroatoms. The Morgan fingerprint density at radius 1 is 1.50 bits per heavy atom. The first-order valence-electron chi connectivity index (χ1n) is 6.30. The summed E-state index contributed by atoms with van der Waals surface area (Å²) in [5.74, 6) is 2.62. The molecule has 108 valence electrons. The van der Waals surface area contributed by atoms with Crippen molar-refractivity contribution in [2.45, 2.75) is 19.4 Å². The van der Waals surface area contributed by atoms with Crippen molar-refractivity contribution in [3.63, 3.8) is 0 Å². The lowest BCUT2D eigenvalue weighted by Gasteiger charge is -2.15. The maximum Gasteiger partial charge on any atom is 0.242 e. The number of carbonyl (C=O) groups excluding carboxylic acids is 1. The number of nitrogens with two attached hydrogens (primary N) is 1. The van der Waals surface area contributed by atoms with Crippen molar-refractivity contribution < 1.29 is 14.3 Å². The molecule has 1 atom stereocenters. The molecule has 0 saturated carbocycles. The van der Waals surface area contributed by atoms with Gasteiger partial charge in [0.05, 0.1) is 18.3 Å². The quantitative estimate of drug-likeness (QED) is 0.581. The number of terminal acetylenes is 1. The third-order valence-electron chi connectivity index (χ3n) is 2.61. The van der Waals surface area contributed by atoms with Crippen LogP contribution >= 0.6 is 0 Å². The molecule has 1 rings (SSSR count). The van der Waals surface area contributed by atoms with Crippen LogP contribution in [0.25, 0.3) is 0 Å². The van der Waals surface area contributed by atoms with Crippen LogP contribution in [0.5, 0.6) is 5.75 Å². The van der Waals surface area contributed by atoms with Gasteiger partial charge in [0, 0.05) is 13.5 Å². The van der Waals surface area contributed by atoms with Crippen LogP contribution in [0, 0.1) is 19.3 Å². The highest BCUT2D eigenvalue weighted by Gasteiger charge is 2.14. The van der Waals surface area contributed by atoms with Crippen LogP contribution in [0.4, 0.5) is 5.69 Å². The van der Waals surface area contributed by atoms with Crippen LogP contribution in [-0.4, -0.2) is 32.3 Å². The van der Waals surface area contributed by atoms with Gasteiger partial charge in [0.2, 0.25) is 5.91 Å². The molecular formula is C15H20N2O3. The molecule has 0 aromatic heterocycles. The van der Waals surface area contributed by atoms with E-state index in [2.05, 4.69) is 11.2 Å². The van der Waals surface area contributed by atoms with E-state index in [1.54, 1.807) is 13.2 Å². The molecule has 1 aromatic rings. The van der Waals surface area contributed by atoms with Gasteiger partial charge in [-0.05, 0) is 24.6 Å². The average molecular weight is 276 g/mol. The summed E-state index contributed by atoms with van der Waals surface area (Å²) >= 11 is 0. The summed E-state index contributed by atoms with van der Waals surface area (Å²) in [5, 5.41) is 2.72. The highest BCUT2D eigenvalue weighted by Crippen LogP contribution is 2.25. The molecule has 0 saturated heterocycles. The van der Waals surface area contributed by atoms with Gasteiger partial charge in [-0.1, -0.05) is 6.07 Å². The van der Waals surface area contributed by atoms with E-state index in [0.717, 1.165) is 5.56 Å². The number of amides is 1. The zero-order valence-electron chi connectivity index (χ0n) is 11.8. The lowest BCUT2D eigenvalue weighted by Crippen LogP contribution is -2.35. The molecule has 20 heavy (non-hydrogen) atoms. The van der Waals surface area contributed by atoms with Gasteiger partial charge in [-0.15, -0.1) is 12.3 Å². The minimum absolute atomic E-state index is 0.192. The molecule has 0 aliphatic rings. The molecule has 5 nitrogen and oxygen atoms in total. The number of aryl methyl sites for hydroxylation is 1. The summed E-state index contributed by atoms with van der Waals surface area (Å²) in [6, 6.07) is 4.77. The standard InChI is InChI=1S/C15H20N2O3/c1-4-5-12(16)15(18)17-13-7-6-11(2)10-14(13)20-9-8-19-3/h1,6-7,10,12H,5,8-9,16H2,2-3H3,(H,17,18). The minimum atomic E-state index is -0.729. The van der Waals surface area contributed by atoms with E-state index in [4.69, 9.17) is 21.6 Å². The van der Waals surface area contributed by atoms with Gasteiger partial charge in [-0.2, -0.15) is 0 Å². The Morgan fingerprint density at radius 2 is 2.25 bits per heavy atom. The van der Waals surface area contributed by atoms with Crippen LogP contribution in [-0.2, 0) is 9.53 Å². The highest BCUT2D eigenvalue weighted by molar-refractivity contribution is 5.96. The van der Waals surface area contributed by atoms with E-state index >= 15 is 0 Å². The normalized spacial score (nSPS) is 11.5. The second kappa shape index (κ2) is 8.20. The van der Waals surface area contributed by atoms with Crippen molar-refractivity contribution in [2.75, 3.05) is 25.6 Å². The van der Waals surface area contributed by atoms with E-state index in [9.17, 15) is 4.79 Å². The second-order valence-corrected chi connectivity index (χ2v) is 4.34. The zero-order valence-corrected chi connectivity index (χ0v) is 11.8. The third-order valence-corrected chi connectivity index (χ3v) is 2.61. The number of hydrogen-bond acceptors (Lipinski definition) is 4. The summed E-state index contributed by atoms with van der Waals surface area (Å²) in [5.41, 5.74) is 7.27. The fraction of sp³-hybridized carbons (Fsp3) is 0.400. The van der Waals surface area contributed by atoms with Crippen molar-refractivity contribution in [1.29, 1.82) is 0 Å². The number of nitrogens with one attached hydrogen (secondary N) is 1. The maximum atomic E-state index is 11.9. The molecule has 0 heterocycles. The lowest BCUT2D eigenvalue weighted by atomic mass is 10.2. The van der Waals surface area contributed by atoms with Crippen LogP contribution < -0.4 is 15.8 Å². The lowest BCUT2D eigenvalue weighted by molar-refractivity contribution is -0.117. The monoisotopic (exact) mass is 276 g/mol. The summed E-state index contributed by atoms with van der Waals surface area (Å²) < 4.78 is 10.5. The Bertz CT molecular complexity index is 494. The predicted octanol–water partition coefficient (Wildman–Crippen LogP) is 1.31. The molecule has 3 N–H and O–H groups in total. The molecule has 0 radical (unpaired) electrons. The number of hydrogen-bond donors (Lipinski definition) is 2. The van der Waals surface area contributed by atoms with Gasteiger partial charge < -0.3 is 20.5 Å². The molecular weight excluding hydrogens is 256 g/mol. The first kappa shape index (κ1) is 16.0. The molecule has 0 fully saturated rings. The van der Waals surface area contributed by atoms with Gasteiger partial charge >= 0.3 is 0 Å². The summed E-state index contributed by atoms with van der Waals surface area (Å²) in [6.07, 6.45) is 5.33. The third kappa shape index (κ3) is 4.92. The fourth-order valence-electron chi connectivity index (χ4n) is 1.53. The highest BCUT2D eigenvalue weighted by atomic mass is 16.5. The first-order valence-corrected chi connectivity index (χ1v) is 6.30. The van der Waals surface area contributed by atoms with Gasteiger partial charge in [0.1, 0.15) is 12.4 Å². The van der Waals surface area contributed by atoms with Gasteiger partial charge in [0.25, 0.3) is 0 Å². The minimum Gasteiger partial charge on any atom is -0.489 e. The van der Waals surface area contributed by atoms with Gasteiger partial charge in [0.15, 0.2) is 0 Å². The van der Waals surface area contributed by atoms with Crippen molar-refractivity contribution in [2.24, 2.45) is 5.73 Å². The van der Waals surface area contributed by atoms with Crippen molar-refractivity contribution in [3.05, 3.63) is 23.8 Å². The number of benzene rings is 1. The van der Waals surface area contributed by atoms with Crippen LogP contribution in [0.15, 0.2) is 18.2 Å². The fourth-order valence-corrected chi connectivity index (χ4v) is 1.53. The second-order valence-electron chi connectivity index (χ2n) is 4.34. The Morgan fingerprint density at radius 3 is 2.90 bits per heavy atom. The van der Waals surface area contributed by atoms with Crippen molar-refractivity contribution >= 4 is 11.6 Å². The average Bonchev–Trinajstić information content (AvgIpc) is 2.42. The van der Waals surface area contributed by atoms with E-state index < -0.39 is 6.04 Å². The van der Waals surface area contributed by atoms with E-state index in [1.165, 1.54) is 0 Å². The molecule has 0 bridgehead atoms. The summed E-state index contributed by atoms with van der Waals surface area (Å²) in [6.45, 7) is 2.82. The molecule has 0 aliphatic heterocycles. The topological polar surface area (TPSA) is 73.6 Å². The number of methoxy groups -OCH3 is 1. The molecule has 1 amide bonds. The summed E-state index contributed by atoms with van der Waals surface area (Å²) in [4.78, 5) is 11.9. The Hall–Kier alpha value is -2.03. The van der Waals surface area contributed by atoms with E-state index in [0.29, 0.717) is 24.7 Å². The maximum absolute atomic E-state index is 11.9. The van der Waals surface area contributed by atoms with E-state index in [1.807, 2.05) is 19.1 Å². The van der Waals surface area contributed by atoms with Gasteiger partial charge in [-0.3, -0.25) is 4.79 Å². The molecule has 0 aliphatic carbocycles. The van der Waals surface area contributed by atoms with Gasteiger partial charge in [-0.25, -0.2) is 0 Å². The Labute approximate surface area is 119 Å². The zero-order chi connectivity index (χ0) is 15.0. The van der Waals surface area contributed by atoms with E-state index in [-0.39, 0.29) is 12.3 Å². The number of carbonyl (C=O) groups is 1. The Kier molecular flexibility index (Phi) is 6.57. The predicted molar refractivity (Wildman–Crippen MR) is 78.6 cm³/mol. The first-order chi connectivity index (χ1) is 9.58. The van der Waals surface area contributed by atoms with Crippen molar-refractivity contribution in [3.8, 4) is 18.1 Å². The van der Waals surface area contributed by atoms with Crippen molar-refractivity contribution in [1.82, 2.24) is 0 Å². The van der Waals surface area contributed by atoms with Crippen LogP contribution in [0.3, 0.4) is 0 Å². The number of anilines is 1. The SMILES string of the molecule is C#CCC(N)C(=O)Nc1ccc(C)cc1OCCOC. The number of ether oxygens (including phenoxy) is 2. The van der Waals surface area contributed by atoms with Crippen LogP contribution in [0.2, 0.25) is 0 Å². The largest absolute Gasteiger partial charge is 0.489 e. The Balaban J connectivity index is 2.78. The van der Waals surface area contributed by atoms with Crippen LogP contribution in [0.1, 0.15) is 12.0 Å². The molecule has 1 unspecified atom stereocenters. The smallest absolute Gasteiger partial charge is 0.242 e.